The Hall–Kier alpha value is -1.20. The fraction of sp³-hybridized carbons (Fsp3) is 0.167. The first-order chi connectivity index (χ1) is 8.06. The van der Waals surface area contributed by atoms with E-state index in [1.54, 1.807) is 11.3 Å². The third kappa shape index (κ3) is 2.92. The van der Waals surface area contributed by atoms with Gasteiger partial charge in [-0.25, -0.2) is 0 Å². The molecule has 3 nitrogen and oxygen atoms in total. The summed E-state index contributed by atoms with van der Waals surface area (Å²) in [6.45, 7) is 0.853. The summed E-state index contributed by atoms with van der Waals surface area (Å²) in [6.07, 6.45) is 0. The average molecular weight is 312 g/mol. The van der Waals surface area contributed by atoms with Crippen molar-refractivity contribution >= 4 is 44.3 Å². The smallest absolute Gasteiger partial charge is 0.0701 e. The number of benzene rings is 1. The lowest BCUT2D eigenvalue weighted by molar-refractivity contribution is 0.928. The highest BCUT2D eigenvalue weighted by Gasteiger charge is 2.05. The number of hydrogen-bond acceptors (Lipinski definition) is 4. The number of nitrogens with zero attached hydrogens (tertiary/aromatic N) is 1. The summed E-state index contributed by atoms with van der Waals surface area (Å²) in [5.74, 6) is 0. The maximum absolute atomic E-state index is 5.80. The molecular formula is C12H14BrN3S. The lowest BCUT2D eigenvalue weighted by atomic mass is 10.2. The number of nitrogen functional groups attached to an aromatic ring is 2. The van der Waals surface area contributed by atoms with Gasteiger partial charge in [-0.1, -0.05) is 0 Å². The Labute approximate surface area is 113 Å². The van der Waals surface area contributed by atoms with Gasteiger partial charge in [0.05, 0.1) is 15.2 Å². The van der Waals surface area contributed by atoms with E-state index < -0.39 is 0 Å². The number of rotatable bonds is 3. The molecule has 0 fully saturated rings. The fourth-order valence-electron chi connectivity index (χ4n) is 1.59. The van der Waals surface area contributed by atoms with Gasteiger partial charge in [0.2, 0.25) is 0 Å². The Morgan fingerprint density at radius 1 is 1.24 bits per heavy atom. The van der Waals surface area contributed by atoms with Crippen LogP contribution in [0.3, 0.4) is 0 Å². The molecule has 0 atom stereocenters. The Morgan fingerprint density at radius 3 is 2.59 bits per heavy atom. The summed E-state index contributed by atoms with van der Waals surface area (Å²) < 4.78 is 1.15. The summed E-state index contributed by atoms with van der Waals surface area (Å²) >= 11 is 5.16. The van der Waals surface area contributed by atoms with Gasteiger partial charge in [0.1, 0.15) is 0 Å². The topological polar surface area (TPSA) is 55.3 Å². The van der Waals surface area contributed by atoms with Crippen LogP contribution in [0, 0.1) is 0 Å². The Bertz CT molecular complexity index is 524. The van der Waals surface area contributed by atoms with E-state index in [2.05, 4.69) is 32.3 Å². The molecule has 0 saturated carbocycles. The van der Waals surface area contributed by atoms with E-state index in [4.69, 9.17) is 11.5 Å². The van der Waals surface area contributed by atoms with Crippen LogP contribution in [0.1, 0.15) is 5.56 Å². The quantitative estimate of drug-likeness (QED) is 0.855. The molecule has 4 N–H and O–H groups in total. The molecule has 17 heavy (non-hydrogen) atoms. The van der Waals surface area contributed by atoms with Crippen LogP contribution >= 0.6 is 27.3 Å². The molecule has 0 spiro atoms. The van der Waals surface area contributed by atoms with Crippen LogP contribution in [-0.2, 0) is 6.54 Å². The number of hydrogen-bond donors (Lipinski definition) is 2. The first-order valence-electron chi connectivity index (χ1n) is 5.15. The van der Waals surface area contributed by atoms with Gasteiger partial charge in [0, 0.05) is 19.3 Å². The van der Waals surface area contributed by atoms with Gasteiger partial charge in [-0.3, -0.25) is 0 Å². The van der Waals surface area contributed by atoms with Gasteiger partial charge in [0.15, 0.2) is 0 Å². The van der Waals surface area contributed by atoms with Crippen molar-refractivity contribution in [2.45, 2.75) is 6.54 Å². The maximum Gasteiger partial charge on any atom is 0.0701 e. The number of nitrogens with two attached hydrogens (primary N) is 2. The first kappa shape index (κ1) is 12.3. The van der Waals surface area contributed by atoms with Gasteiger partial charge in [-0.15, -0.1) is 11.3 Å². The van der Waals surface area contributed by atoms with Gasteiger partial charge >= 0.3 is 0 Å². The molecule has 5 heteroatoms. The second kappa shape index (κ2) is 4.98. The largest absolute Gasteiger partial charge is 0.397 e. The van der Waals surface area contributed by atoms with Gasteiger partial charge in [-0.05, 0) is 51.1 Å². The zero-order chi connectivity index (χ0) is 12.4. The predicted molar refractivity (Wildman–Crippen MR) is 79.4 cm³/mol. The third-order valence-electron chi connectivity index (χ3n) is 2.55. The molecule has 0 unspecified atom stereocenters. The molecular weight excluding hydrogens is 298 g/mol. The van der Waals surface area contributed by atoms with Crippen LogP contribution in [0.5, 0.6) is 0 Å². The fourth-order valence-corrected chi connectivity index (χ4v) is 2.79. The summed E-state index contributed by atoms with van der Waals surface area (Å²) in [7, 11) is 2.04. The highest BCUT2D eigenvalue weighted by Crippen LogP contribution is 2.25. The van der Waals surface area contributed by atoms with Crippen molar-refractivity contribution in [1.82, 2.24) is 0 Å². The van der Waals surface area contributed by atoms with Crippen LogP contribution in [-0.4, -0.2) is 7.05 Å². The maximum atomic E-state index is 5.80. The minimum Gasteiger partial charge on any atom is -0.397 e. The molecule has 1 aromatic carbocycles. The zero-order valence-electron chi connectivity index (χ0n) is 9.48. The van der Waals surface area contributed by atoms with Crippen molar-refractivity contribution in [2.75, 3.05) is 23.4 Å². The minimum atomic E-state index is 0.625. The van der Waals surface area contributed by atoms with Crippen molar-refractivity contribution in [3.05, 3.63) is 39.0 Å². The van der Waals surface area contributed by atoms with E-state index in [1.165, 1.54) is 5.56 Å². The van der Waals surface area contributed by atoms with E-state index >= 15 is 0 Å². The molecule has 1 aromatic heterocycles. The molecule has 0 radical (unpaired) electrons. The van der Waals surface area contributed by atoms with Crippen molar-refractivity contribution in [1.29, 1.82) is 0 Å². The first-order valence-corrected chi connectivity index (χ1v) is 6.82. The molecule has 0 aliphatic carbocycles. The number of thiophene rings is 1. The van der Waals surface area contributed by atoms with Gasteiger partial charge in [-0.2, -0.15) is 0 Å². The molecule has 0 aliphatic rings. The van der Waals surface area contributed by atoms with Crippen molar-refractivity contribution in [3.8, 4) is 0 Å². The molecule has 2 aromatic rings. The summed E-state index contributed by atoms with van der Waals surface area (Å²) in [5, 5.41) is 2.14. The van der Waals surface area contributed by atoms with Crippen LogP contribution in [0.25, 0.3) is 0 Å². The molecule has 2 rings (SSSR count). The highest BCUT2D eigenvalue weighted by molar-refractivity contribution is 9.11. The van der Waals surface area contributed by atoms with Gasteiger partial charge in [0.25, 0.3) is 0 Å². The Morgan fingerprint density at radius 2 is 2.00 bits per heavy atom. The van der Waals surface area contributed by atoms with Crippen molar-refractivity contribution in [2.24, 2.45) is 0 Å². The lowest BCUT2D eigenvalue weighted by Crippen LogP contribution is -2.16. The van der Waals surface area contributed by atoms with Crippen LogP contribution in [0.4, 0.5) is 17.1 Å². The van der Waals surface area contributed by atoms with E-state index in [-0.39, 0.29) is 0 Å². The molecule has 1 heterocycles. The molecule has 0 aliphatic heterocycles. The number of halogens is 1. The second-order valence-corrected chi connectivity index (χ2v) is 6.22. The molecule has 0 bridgehead atoms. The van der Waals surface area contributed by atoms with Crippen LogP contribution < -0.4 is 16.4 Å². The third-order valence-corrected chi connectivity index (χ3v) is 4.11. The number of anilines is 3. The lowest BCUT2D eigenvalue weighted by Gasteiger charge is -2.19. The Kier molecular flexibility index (Phi) is 3.59. The molecule has 90 valence electrons. The second-order valence-electron chi connectivity index (χ2n) is 3.93. The summed E-state index contributed by atoms with van der Waals surface area (Å²) in [4.78, 5) is 2.14. The van der Waals surface area contributed by atoms with Gasteiger partial charge < -0.3 is 16.4 Å². The van der Waals surface area contributed by atoms with E-state index in [9.17, 15) is 0 Å². The summed E-state index contributed by atoms with van der Waals surface area (Å²) in [5.41, 5.74) is 15.1. The molecule has 0 amide bonds. The monoisotopic (exact) mass is 311 g/mol. The average Bonchev–Trinajstić information content (AvgIpc) is 2.68. The van der Waals surface area contributed by atoms with Crippen molar-refractivity contribution < 1.29 is 0 Å². The standard InChI is InChI=1S/C12H14BrN3S/c1-16(6-8-4-12(13)17-7-8)9-2-3-10(14)11(15)5-9/h2-5,7H,6,14-15H2,1H3. The van der Waals surface area contributed by atoms with Crippen LogP contribution in [0.15, 0.2) is 33.4 Å². The highest BCUT2D eigenvalue weighted by atomic mass is 79.9. The normalized spacial score (nSPS) is 10.5. The zero-order valence-corrected chi connectivity index (χ0v) is 11.9. The minimum absolute atomic E-state index is 0.625. The van der Waals surface area contributed by atoms with Crippen LogP contribution in [0.2, 0.25) is 0 Å². The van der Waals surface area contributed by atoms with E-state index in [1.807, 2.05) is 25.2 Å². The van der Waals surface area contributed by atoms with E-state index in [0.717, 1.165) is 16.0 Å². The predicted octanol–water partition coefficient (Wildman–Crippen LogP) is 3.31. The molecule has 0 saturated heterocycles. The van der Waals surface area contributed by atoms with E-state index in [0.29, 0.717) is 11.4 Å². The van der Waals surface area contributed by atoms with Crippen molar-refractivity contribution in [3.63, 3.8) is 0 Å². The Balaban J connectivity index is 2.14. The summed E-state index contributed by atoms with van der Waals surface area (Å²) in [6, 6.07) is 7.84. The SMILES string of the molecule is CN(Cc1csc(Br)c1)c1ccc(N)c(N)c1.